The molecule has 0 amide bonds. The Morgan fingerprint density at radius 2 is 2.10 bits per heavy atom. The molecule has 0 saturated carbocycles. The fourth-order valence-corrected chi connectivity index (χ4v) is 2.92. The SMILES string of the molecule is CCNC(=NCc1cccc(OCC(F)F)c1)NC1CCN(CC(F)(F)F)C1.I. The number of alkyl halides is 5. The van der Waals surface area contributed by atoms with E-state index < -0.39 is 25.8 Å². The number of benzene rings is 1. The highest BCUT2D eigenvalue weighted by Gasteiger charge is 2.34. The highest BCUT2D eigenvalue weighted by Crippen LogP contribution is 2.20. The van der Waals surface area contributed by atoms with E-state index in [9.17, 15) is 22.0 Å². The maximum absolute atomic E-state index is 12.5. The summed E-state index contributed by atoms with van der Waals surface area (Å²) in [6.07, 6.45) is -6.16. The fourth-order valence-electron chi connectivity index (χ4n) is 2.92. The number of aliphatic imine (C=N–C) groups is 1. The van der Waals surface area contributed by atoms with E-state index in [1.54, 1.807) is 24.3 Å². The van der Waals surface area contributed by atoms with Crippen LogP contribution < -0.4 is 15.4 Å². The van der Waals surface area contributed by atoms with Crippen LogP contribution >= 0.6 is 24.0 Å². The first-order chi connectivity index (χ1) is 13.2. The summed E-state index contributed by atoms with van der Waals surface area (Å²) in [5.41, 5.74) is 0.772. The van der Waals surface area contributed by atoms with Gasteiger partial charge in [-0.2, -0.15) is 13.2 Å². The van der Waals surface area contributed by atoms with E-state index in [1.165, 1.54) is 4.90 Å². The Labute approximate surface area is 184 Å². The van der Waals surface area contributed by atoms with Gasteiger partial charge in [-0.15, -0.1) is 24.0 Å². The normalized spacial score (nSPS) is 17.9. The third-order valence-corrected chi connectivity index (χ3v) is 4.05. The number of hydrogen-bond donors (Lipinski definition) is 2. The Balaban J connectivity index is 0.00000420. The minimum Gasteiger partial charge on any atom is -0.488 e. The third-order valence-electron chi connectivity index (χ3n) is 4.05. The van der Waals surface area contributed by atoms with Gasteiger partial charge in [0.1, 0.15) is 12.4 Å². The van der Waals surface area contributed by atoms with Crippen molar-refractivity contribution in [2.24, 2.45) is 4.99 Å². The molecule has 1 fully saturated rings. The molecule has 5 nitrogen and oxygen atoms in total. The van der Waals surface area contributed by atoms with E-state index in [0.717, 1.165) is 5.56 Å². The Morgan fingerprint density at radius 1 is 1.34 bits per heavy atom. The lowest BCUT2D eigenvalue weighted by molar-refractivity contribution is -0.143. The van der Waals surface area contributed by atoms with Crippen LogP contribution in [0.3, 0.4) is 0 Å². The van der Waals surface area contributed by atoms with Crippen molar-refractivity contribution in [1.29, 1.82) is 0 Å². The van der Waals surface area contributed by atoms with Crippen LogP contribution in [0.5, 0.6) is 5.75 Å². The van der Waals surface area contributed by atoms with Gasteiger partial charge in [0.05, 0.1) is 13.1 Å². The minimum absolute atomic E-state index is 0. The first-order valence-electron chi connectivity index (χ1n) is 9.09. The van der Waals surface area contributed by atoms with E-state index in [4.69, 9.17) is 4.74 Å². The van der Waals surface area contributed by atoms with Crippen molar-refractivity contribution in [1.82, 2.24) is 15.5 Å². The van der Waals surface area contributed by atoms with E-state index in [-0.39, 0.29) is 36.6 Å². The van der Waals surface area contributed by atoms with Crippen molar-refractivity contribution in [3.05, 3.63) is 29.8 Å². The molecule has 11 heteroatoms. The monoisotopic (exact) mass is 536 g/mol. The van der Waals surface area contributed by atoms with Gasteiger partial charge < -0.3 is 15.4 Å². The molecule has 1 heterocycles. The topological polar surface area (TPSA) is 48.9 Å². The number of guanidine groups is 1. The largest absolute Gasteiger partial charge is 0.488 e. The van der Waals surface area contributed by atoms with Crippen molar-refractivity contribution in [2.75, 3.05) is 32.8 Å². The molecule has 0 aromatic heterocycles. The van der Waals surface area contributed by atoms with Crippen LogP contribution in [0.4, 0.5) is 22.0 Å². The van der Waals surface area contributed by atoms with Crippen molar-refractivity contribution in [3.8, 4) is 5.75 Å². The highest BCUT2D eigenvalue weighted by atomic mass is 127. The van der Waals surface area contributed by atoms with E-state index in [2.05, 4.69) is 15.6 Å². The lowest BCUT2D eigenvalue weighted by Gasteiger charge is -2.19. The molecular formula is C18H26F5IN4O. The van der Waals surface area contributed by atoms with Crippen molar-refractivity contribution in [2.45, 2.75) is 38.5 Å². The van der Waals surface area contributed by atoms with Crippen molar-refractivity contribution < 1.29 is 26.7 Å². The summed E-state index contributed by atoms with van der Waals surface area (Å²) in [7, 11) is 0. The molecule has 2 N–H and O–H groups in total. The molecule has 0 aliphatic carbocycles. The van der Waals surface area contributed by atoms with Crippen molar-refractivity contribution in [3.63, 3.8) is 0 Å². The second kappa shape index (κ2) is 12.4. The molecular weight excluding hydrogens is 510 g/mol. The van der Waals surface area contributed by atoms with Crippen LogP contribution in [0.2, 0.25) is 0 Å². The third kappa shape index (κ3) is 10.3. The van der Waals surface area contributed by atoms with Crippen LogP contribution in [0.1, 0.15) is 18.9 Å². The lowest BCUT2D eigenvalue weighted by atomic mass is 10.2. The fraction of sp³-hybridized carbons (Fsp3) is 0.611. The summed E-state index contributed by atoms with van der Waals surface area (Å²) in [4.78, 5) is 5.80. The van der Waals surface area contributed by atoms with Crippen LogP contribution in [-0.2, 0) is 6.54 Å². The van der Waals surface area contributed by atoms with Crippen LogP contribution in [0.25, 0.3) is 0 Å². The predicted molar refractivity (Wildman–Crippen MR) is 112 cm³/mol. The standard InChI is InChI=1S/C18H25F5N4O.HI/c1-2-24-17(26-14-6-7-27(10-14)12-18(21,22)23)25-9-13-4-3-5-15(8-13)28-11-16(19)20;/h3-5,8,14,16H,2,6-7,9-12H2,1H3,(H2,24,25,26);1H. The van der Waals surface area contributed by atoms with E-state index >= 15 is 0 Å². The van der Waals surface area contributed by atoms with Crippen LogP contribution in [-0.4, -0.2) is 62.3 Å². The van der Waals surface area contributed by atoms with Gasteiger partial charge in [0, 0.05) is 25.7 Å². The second-order valence-corrected chi connectivity index (χ2v) is 6.52. The average Bonchev–Trinajstić information content (AvgIpc) is 3.03. The summed E-state index contributed by atoms with van der Waals surface area (Å²) >= 11 is 0. The summed E-state index contributed by atoms with van der Waals surface area (Å²) in [6.45, 7) is 1.85. The summed E-state index contributed by atoms with van der Waals surface area (Å²) < 4.78 is 67.0. The zero-order valence-electron chi connectivity index (χ0n) is 16.0. The molecule has 1 aliphatic heterocycles. The van der Waals surface area contributed by atoms with Gasteiger partial charge in [-0.05, 0) is 31.0 Å². The van der Waals surface area contributed by atoms with Gasteiger partial charge in [0.2, 0.25) is 0 Å². The Morgan fingerprint density at radius 3 is 2.76 bits per heavy atom. The predicted octanol–water partition coefficient (Wildman–Crippen LogP) is 3.64. The van der Waals surface area contributed by atoms with Gasteiger partial charge in [0.15, 0.2) is 5.96 Å². The minimum atomic E-state index is -4.20. The number of nitrogens with zero attached hydrogens (tertiary/aromatic N) is 2. The van der Waals surface area contributed by atoms with Crippen molar-refractivity contribution >= 4 is 29.9 Å². The lowest BCUT2D eigenvalue weighted by Crippen LogP contribution is -2.45. The molecule has 166 valence electrons. The van der Waals surface area contributed by atoms with Gasteiger partial charge in [-0.25, -0.2) is 13.8 Å². The Bertz CT molecular complexity index is 645. The van der Waals surface area contributed by atoms with Gasteiger partial charge >= 0.3 is 6.18 Å². The number of likely N-dealkylation sites (tertiary alicyclic amines) is 1. The first-order valence-corrected chi connectivity index (χ1v) is 9.09. The molecule has 1 saturated heterocycles. The Kier molecular flexibility index (Phi) is 10.9. The Hall–Kier alpha value is -1.37. The number of hydrogen-bond acceptors (Lipinski definition) is 3. The van der Waals surface area contributed by atoms with Gasteiger partial charge in [-0.1, -0.05) is 12.1 Å². The van der Waals surface area contributed by atoms with E-state index in [0.29, 0.717) is 37.8 Å². The second-order valence-electron chi connectivity index (χ2n) is 6.52. The number of ether oxygens (including phenoxy) is 1. The summed E-state index contributed by atoms with van der Waals surface area (Å²) in [5.74, 6) is 0.838. The molecule has 2 rings (SSSR count). The first kappa shape index (κ1) is 25.7. The molecule has 1 atom stereocenters. The van der Waals surface area contributed by atoms with Gasteiger partial charge in [0.25, 0.3) is 6.43 Å². The molecule has 1 unspecified atom stereocenters. The maximum Gasteiger partial charge on any atom is 0.401 e. The molecule has 29 heavy (non-hydrogen) atoms. The average molecular weight is 536 g/mol. The quantitative estimate of drug-likeness (QED) is 0.231. The summed E-state index contributed by atoms with van der Waals surface area (Å²) in [5, 5.41) is 6.22. The molecule has 0 bridgehead atoms. The summed E-state index contributed by atoms with van der Waals surface area (Å²) in [6, 6.07) is 6.59. The number of rotatable bonds is 8. The van der Waals surface area contributed by atoms with Gasteiger partial charge in [-0.3, -0.25) is 4.90 Å². The van der Waals surface area contributed by atoms with Crippen LogP contribution in [0, 0.1) is 0 Å². The smallest absolute Gasteiger partial charge is 0.401 e. The number of halogens is 6. The zero-order valence-corrected chi connectivity index (χ0v) is 18.3. The molecule has 1 aliphatic rings. The molecule has 1 aromatic carbocycles. The molecule has 0 spiro atoms. The maximum atomic E-state index is 12.5. The van der Waals surface area contributed by atoms with E-state index in [1.807, 2.05) is 6.92 Å². The van der Waals surface area contributed by atoms with Crippen LogP contribution in [0.15, 0.2) is 29.3 Å². The molecule has 0 radical (unpaired) electrons. The molecule has 1 aromatic rings. The highest BCUT2D eigenvalue weighted by molar-refractivity contribution is 14.0. The number of nitrogens with one attached hydrogen (secondary N) is 2. The zero-order chi connectivity index (χ0) is 20.6.